The van der Waals surface area contributed by atoms with Gasteiger partial charge in [0, 0.05) is 31.9 Å². The van der Waals surface area contributed by atoms with Gasteiger partial charge in [-0.3, -0.25) is 9.38 Å². The number of hydrogen-bond donors (Lipinski definition) is 2. The van der Waals surface area contributed by atoms with E-state index in [1.54, 1.807) is 6.20 Å². The topological polar surface area (TPSA) is 118 Å². The van der Waals surface area contributed by atoms with Crippen molar-refractivity contribution in [2.75, 3.05) is 13.1 Å². The van der Waals surface area contributed by atoms with Gasteiger partial charge in [0.05, 0.1) is 0 Å². The molecule has 0 unspecified atom stereocenters. The van der Waals surface area contributed by atoms with Crippen LogP contribution in [0.1, 0.15) is 18.6 Å². The molecule has 0 spiro atoms. The van der Waals surface area contributed by atoms with Crippen LogP contribution in [0.15, 0.2) is 58.3 Å². The van der Waals surface area contributed by atoms with E-state index in [1.807, 2.05) is 53.9 Å². The van der Waals surface area contributed by atoms with E-state index < -0.39 is 0 Å². The van der Waals surface area contributed by atoms with Gasteiger partial charge in [0.15, 0.2) is 23.3 Å². The Kier molecular flexibility index (Phi) is 7.65. The maximum Gasteiger partial charge on any atom is 0.276 e. The summed E-state index contributed by atoms with van der Waals surface area (Å²) in [5, 5.41) is 18.8. The molecule has 2 N–H and O–H groups in total. The van der Waals surface area contributed by atoms with Crippen molar-refractivity contribution in [3.8, 4) is 11.6 Å². The highest BCUT2D eigenvalue weighted by Gasteiger charge is 2.10. The van der Waals surface area contributed by atoms with Crippen LogP contribution >= 0.6 is 24.0 Å². The van der Waals surface area contributed by atoms with Crippen molar-refractivity contribution in [3.05, 3.63) is 60.4 Å². The van der Waals surface area contributed by atoms with Crippen molar-refractivity contribution in [1.82, 2.24) is 40.4 Å². The number of pyridine rings is 2. The van der Waals surface area contributed by atoms with Crippen LogP contribution in [0.4, 0.5) is 0 Å². The summed E-state index contributed by atoms with van der Waals surface area (Å²) in [5.74, 6) is 2.49. The van der Waals surface area contributed by atoms with Crippen LogP contribution in [-0.4, -0.2) is 48.8 Å². The van der Waals surface area contributed by atoms with Crippen LogP contribution in [0.2, 0.25) is 0 Å². The number of nitrogens with one attached hydrogen (secondary N) is 2. The summed E-state index contributed by atoms with van der Waals surface area (Å²) < 4.78 is 7.20. The van der Waals surface area contributed by atoms with E-state index in [-0.39, 0.29) is 24.0 Å². The van der Waals surface area contributed by atoms with Crippen LogP contribution in [0, 0.1) is 0 Å². The minimum absolute atomic E-state index is 0. The van der Waals surface area contributed by atoms with E-state index in [0.29, 0.717) is 42.9 Å². The maximum absolute atomic E-state index is 5.28. The van der Waals surface area contributed by atoms with Crippen molar-refractivity contribution in [3.63, 3.8) is 0 Å². The number of rotatable bonds is 7. The van der Waals surface area contributed by atoms with Crippen molar-refractivity contribution in [2.24, 2.45) is 4.99 Å². The highest BCUT2D eigenvalue weighted by atomic mass is 127. The van der Waals surface area contributed by atoms with E-state index in [4.69, 9.17) is 4.52 Å². The van der Waals surface area contributed by atoms with Gasteiger partial charge in [0.2, 0.25) is 0 Å². The molecule has 4 aromatic heterocycles. The highest BCUT2D eigenvalue weighted by Crippen LogP contribution is 2.13. The lowest BCUT2D eigenvalue weighted by molar-refractivity contribution is 0.421. The molecule has 0 aliphatic rings. The summed E-state index contributed by atoms with van der Waals surface area (Å²) in [7, 11) is 0. The second-order valence-electron chi connectivity index (χ2n) is 6.15. The normalized spacial score (nSPS) is 11.3. The van der Waals surface area contributed by atoms with Gasteiger partial charge in [-0.05, 0) is 31.2 Å². The zero-order valence-corrected chi connectivity index (χ0v) is 18.7. The molecule has 4 aromatic rings. The first kappa shape index (κ1) is 21.6. The van der Waals surface area contributed by atoms with Gasteiger partial charge >= 0.3 is 0 Å². The number of halogens is 1. The Morgan fingerprint density at radius 3 is 2.87 bits per heavy atom. The molecule has 0 saturated carbocycles. The molecule has 4 rings (SSSR count). The smallest absolute Gasteiger partial charge is 0.276 e. The van der Waals surface area contributed by atoms with Crippen LogP contribution in [-0.2, 0) is 13.0 Å². The molecule has 0 amide bonds. The molecule has 0 aliphatic heterocycles. The second kappa shape index (κ2) is 10.6. The molecule has 0 saturated heterocycles. The Bertz CT molecular complexity index is 1090. The Morgan fingerprint density at radius 1 is 1.13 bits per heavy atom. The third-order valence-corrected chi connectivity index (χ3v) is 4.10. The van der Waals surface area contributed by atoms with E-state index >= 15 is 0 Å². The monoisotopic (exact) mass is 519 g/mol. The summed E-state index contributed by atoms with van der Waals surface area (Å²) in [6, 6.07) is 11.3. The van der Waals surface area contributed by atoms with Crippen molar-refractivity contribution in [2.45, 2.75) is 19.9 Å². The van der Waals surface area contributed by atoms with Gasteiger partial charge in [-0.1, -0.05) is 17.3 Å². The number of nitrogens with zero attached hydrogens (tertiary/aromatic N) is 7. The molecule has 30 heavy (non-hydrogen) atoms. The first-order valence-electron chi connectivity index (χ1n) is 9.38. The molecule has 0 bridgehead atoms. The average Bonchev–Trinajstić information content (AvgIpc) is 3.40. The fraction of sp³-hybridized carbons (Fsp3) is 0.263. The minimum atomic E-state index is 0. The van der Waals surface area contributed by atoms with Crippen LogP contribution < -0.4 is 10.6 Å². The first-order chi connectivity index (χ1) is 14.3. The van der Waals surface area contributed by atoms with E-state index in [0.717, 1.165) is 18.0 Å². The Morgan fingerprint density at radius 2 is 2.03 bits per heavy atom. The molecule has 4 heterocycles. The predicted octanol–water partition coefficient (Wildman–Crippen LogP) is 2.09. The number of aliphatic imine (C=N–C) groups is 1. The maximum atomic E-state index is 5.28. The standard InChI is InChI=1S/C19H21N9O.HI/c1-2-20-19(23-13-17-26-25-16-8-4-6-12-28(16)17)22-11-9-15-24-18(29-27-15)14-7-3-5-10-21-14;/h3-8,10,12H,2,9,11,13H2,1H3,(H2,20,22,23);1H. The Labute approximate surface area is 190 Å². The van der Waals surface area contributed by atoms with Gasteiger partial charge in [-0.25, -0.2) is 4.99 Å². The number of hydrogen-bond acceptors (Lipinski definition) is 7. The van der Waals surface area contributed by atoms with Crippen molar-refractivity contribution >= 4 is 35.6 Å². The van der Waals surface area contributed by atoms with Gasteiger partial charge in [0.25, 0.3) is 5.89 Å². The fourth-order valence-corrected chi connectivity index (χ4v) is 2.73. The van der Waals surface area contributed by atoms with Gasteiger partial charge in [0.1, 0.15) is 12.2 Å². The molecule has 0 radical (unpaired) electrons. The lowest BCUT2D eigenvalue weighted by atomic mass is 10.3. The van der Waals surface area contributed by atoms with E-state index in [9.17, 15) is 0 Å². The summed E-state index contributed by atoms with van der Waals surface area (Å²) in [6.45, 7) is 3.78. The zero-order chi connectivity index (χ0) is 19.9. The third kappa shape index (κ3) is 5.28. The number of aromatic nitrogens is 6. The van der Waals surface area contributed by atoms with E-state index in [2.05, 4.69) is 40.9 Å². The fourth-order valence-electron chi connectivity index (χ4n) is 2.73. The van der Waals surface area contributed by atoms with Crippen molar-refractivity contribution < 1.29 is 4.52 Å². The van der Waals surface area contributed by atoms with Crippen LogP contribution in [0.3, 0.4) is 0 Å². The zero-order valence-electron chi connectivity index (χ0n) is 16.4. The second-order valence-corrected chi connectivity index (χ2v) is 6.15. The predicted molar refractivity (Wildman–Crippen MR) is 122 cm³/mol. The van der Waals surface area contributed by atoms with Crippen LogP contribution in [0.5, 0.6) is 0 Å². The molecule has 11 heteroatoms. The van der Waals surface area contributed by atoms with Gasteiger partial charge in [-0.15, -0.1) is 34.2 Å². The summed E-state index contributed by atoms with van der Waals surface area (Å²) in [5.41, 5.74) is 1.46. The molecule has 0 fully saturated rings. The molecule has 10 nitrogen and oxygen atoms in total. The number of fused-ring (bicyclic) bond motifs is 1. The third-order valence-electron chi connectivity index (χ3n) is 4.10. The van der Waals surface area contributed by atoms with Crippen molar-refractivity contribution in [1.29, 1.82) is 0 Å². The quantitative estimate of drug-likeness (QED) is 0.217. The first-order valence-corrected chi connectivity index (χ1v) is 9.38. The molecule has 0 aliphatic carbocycles. The lowest BCUT2D eigenvalue weighted by Crippen LogP contribution is -2.38. The summed E-state index contributed by atoms with van der Waals surface area (Å²) in [6.07, 6.45) is 4.21. The largest absolute Gasteiger partial charge is 0.357 e. The minimum Gasteiger partial charge on any atom is -0.357 e. The summed E-state index contributed by atoms with van der Waals surface area (Å²) >= 11 is 0. The average molecular weight is 519 g/mol. The molecular formula is C19H22IN9O. The molecule has 0 atom stereocenters. The Balaban J connectivity index is 0.00000256. The molecule has 0 aromatic carbocycles. The Hall–Kier alpha value is -3.09. The highest BCUT2D eigenvalue weighted by molar-refractivity contribution is 14.0. The molecule has 156 valence electrons. The van der Waals surface area contributed by atoms with Gasteiger partial charge in [-0.2, -0.15) is 4.98 Å². The van der Waals surface area contributed by atoms with Crippen LogP contribution in [0.25, 0.3) is 17.2 Å². The van der Waals surface area contributed by atoms with Gasteiger partial charge < -0.3 is 15.2 Å². The SMILES string of the molecule is CCNC(=NCc1nnc2ccccn12)NCCc1noc(-c2ccccn2)n1.I. The number of guanidine groups is 1. The summed E-state index contributed by atoms with van der Waals surface area (Å²) in [4.78, 5) is 13.2. The molecular weight excluding hydrogens is 497 g/mol. The lowest BCUT2D eigenvalue weighted by Gasteiger charge is -2.10. The van der Waals surface area contributed by atoms with E-state index in [1.165, 1.54) is 0 Å².